The molecule has 0 aliphatic heterocycles. The van der Waals surface area contributed by atoms with Crippen LogP contribution in [0.3, 0.4) is 0 Å². The van der Waals surface area contributed by atoms with Crippen molar-refractivity contribution in [3.8, 4) is 0 Å². The van der Waals surface area contributed by atoms with Crippen molar-refractivity contribution in [2.24, 2.45) is 7.05 Å². The van der Waals surface area contributed by atoms with Crippen LogP contribution in [-0.4, -0.2) is 20.7 Å². The van der Waals surface area contributed by atoms with E-state index in [-0.39, 0.29) is 6.42 Å². The maximum atomic E-state index is 10.7. The topological polar surface area (TPSA) is 62.5 Å². The third kappa shape index (κ3) is 1.91. The molecule has 2 aromatic rings. The van der Waals surface area contributed by atoms with Crippen LogP contribution in [0.4, 0.5) is 0 Å². The van der Waals surface area contributed by atoms with E-state index in [1.165, 1.54) is 0 Å². The molecule has 1 aromatic heterocycles. The molecule has 0 saturated carbocycles. The van der Waals surface area contributed by atoms with Gasteiger partial charge in [-0.05, 0) is 13.0 Å². The summed E-state index contributed by atoms with van der Waals surface area (Å²) in [6.45, 7) is 1.89. The Kier molecular flexibility index (Phi) is 2.90. The predicted octanol–water partition coefficient (Wildman–Crippen LogP) is 1.99. The Hall–Kier alpha value is -1.81. The first-order valence-electron chi connectivity index (χ1n) is 5.46. The van der Waals surface area contributed by atoms with E-state index in [1.54, 1.807) is 0 Å². The lowest BCUT2D eigenvalue weighted by Crippen LogP contribution is -2.06. The highest BCUT2D eigenvalue weighted by Crippen LogP contribution is 2.31. The van der Waals surface area contributed by atoms with Crippen molar-refractivity contribution in [2.75, 3.05) is 0 Å². The van der Waals surface area contributed by atoms with Crippen LogP contribution in [0.1, 0.15) is 23.8 Å². The third-order valence-electron chi connectivity index (χ3n) is 3.15. The number of rotatable bonds is 3. The van der Waals surface area contributed by atoms with Crippen molar-refractivity contribution < 1.29 is 15.0 Å². The van der Waals surface area contributed by atoms with E-state index >= 15 is 0 Å². The molecule has 2 N–H and O–H groups in total. The van der Waals surface area contributed by atoms with Gasteiger partial charge in [-0.1, -0.05) is 18.2 Å². The summed E-state index contributed by atoms with van der Waals surface area (Å²) in [4.78, 5) is 10.7. The third-order valence-corrected chi connectivity index (χ3v) is 3.15. The van der Waals surface area contributed by atoms with Crippen molar-refractivity contribution in [2.45, 2.75) is 19.4 Å². The zero-order chi connectivity index (χ0) is 12.6. The van der Waals surface area contributed by atoms with Crippen LogP contribution in [0, 0.1) is 6.92 Å². The summed E-state index contributed by atoms with van der Waals surface area (Å²) in [5.41, 5.74) is 2.62. The van der Waals surface area contributed by atoms with E-state index < -0.39 is 12.1 Å². The quantitative estimate of drug-likeness (QED) is 0.852. The summed E-state index contributed by atoms with van der Waals surface area (Å²) in [6, 6.07) is 7.68. The van der Waals surface area contributed by atoms with Crippen molar-refractivity contribution >= 4 is 16.9 Å². The Morgan fingerprint density at radius 2 is 2.06 bits per heavy atom. The number of para-hydroxylation sites is 1. The number of benzene rings is 1. The lowest BCUT2D eigenvalue weighted by atomic mass is 10.0. The van der Waals surface area contributed by atoms with Crippen molar-refractivity contribution in [3.63, 3.8) is 0 Å². The molecule has 1 unspecified atom stereocenters. The van der Waals surface area contributed by atoms with Gasteiger partial charge in [0.15, 0.2) is 0 Å². The van der Waals surface area contributed by atoms with Gasteiger partial charge >= 0.3 is 5.97 Å². The summed E-state index contributed by atoms with van der Waals surface area (Å²) < 4.78 is 1.97. The monoisotopic (exact) mass is 233 g/mol. The molecule has 0 spiro atoms. The summed E-state index contributed by atoms with van der Waals surface area (Å²) in [7, 11) is 1.91. The van der Waals surface area contributed by atoms with Gasteiger partial charge in [0.05, 0.1) is 12.5 Å². The molecular weight excluding hydrogens is 218 g/mol. The molecule has 0 saturated heterocycles. The number of hydrogen-bond donors (Lipinski definition) is 2. The van der Waals surface area contributed by atoms with Crippen LogP contribution in [0.15, 0.2) is 24.3 Å². The number of hydrogen-bond acceptors (Lipinski definition) is 2. The molecule has 90 valence electrons. The summed E-state index contributed by atoms with van der Waals surface area (Å²) >= 11 is 0. The number of fused-ring (bicyclic) bond motifs is 1. The second-order valence-corrected chi connectivity index (χ2v) is 4.19. The van der Waals surface area contributed by atoms with E-state index in [0.29, 0.717) is 5.56 Å². The van der Waals surface area contributed by atoms with Gasteiger partial charge in [0.25, 0.3) is 0 Å². The lowest BCUT2D eigenvalue weighted by molar-refractivity contribution is -0.139. The molecule has 1 aromatic carbocycles. The van der Waals surface area contributed by atoms with Crippen LogP contribution in [0.2, 0.25) is 0 Å². The van der Waals surface area contributed by atoms with Gasteiger partial charge in [-0.25, -0.2) is 0 Å². The number of carboxylic acids is 1. The Balaban J connectivity index is 2.60. The highest BCUT2D eigenvalue weighted by atomic mass is 16.4. The van der Waals surface area contributed by atoms with Gasteiger partial charge < -0.3 is 14.8 Å². The van der Waals surface area contributed by atoms with Gasteiger partial charge in [-0.15, -0.1) is 0 Å². The second kappa shape index (κ2) is 4.22. The fourth-order valence-electron chi connectivity index (χ4n) is 2.24. The fourth-order valence-corrected chi connectivity index (χ4v) is 2.24. The molecule has 0 bridgehead atoms. The van der Waals surface area contributed by atoms with Crippen LogP contribution in [-0.2, 0) is 11.8 Å². The number of carbonyl (C=O) groups is 1. The Bertz CT molecular complexity index is 571. The van der Waals surface area contributed by atoms with Gasteiger partial charge in [0, 0.05) is 29.2 Å². The first kappa shape index (κ1) is 11.7. The fraction of sp³-hybridized carbons (Fsp3) is 0.308. The minimum atomic E-state index is -0.996. The largest absolute Gasteiger partial charge is 0.481 e. The SMILES string of the molecule is Cc1c(C(O)CC(=O)O)c2ccccc2n1C. The molecule has 0 aliphatic carbocycles. The average molecular weight is 233 g/mol. The minimum Gasteiger partial charge on any atom is -0.481 e. The predicted molar refractivity (Wildman–Crippen MR) is 64.9 cm³/mol. The maximum absolute atomic E-state index is 10.7. The first-order valence-corrected chi connectivity index (χ1v) is 5.46. The zero-order valence-corrected chi connectivity index (χ0v) is 9.84. The number of aliphatic hydroxyl groups excluding tert-OH is 1. The lowest BCUT2D eigenvalue weighted by Gasteiger charge is -2.08. The van der Waals surface area contributed by atoms with Crippen molar-refractivity contribution in [3.05, 3.63) is 35.5 Å². The summed E-state index contributed by atoms with van der Waals surface area (Å²) in [5.74, 6) is -0.996. The Morgan fingerprint density at radius 1 is 1.41 bits per heavy atom. The molecule has 0 amide bonds. The van der Waals surface area contributed by atoms with Crippen LogP contribution >= 0.6 is 0 Å². The van der Waals surface area contributed by atoms with E-state index in [0.717, 1.165) is 16.6 Å². The number of aliphatic carboxylic acids is 1. The molecule has 4 heteroatoms. The first-order chi connectivity index (χ1) is 8.02. The molecule has 17 heavy (non-hydrogen) atoms. The smallest absolute Gasteiger partial charge is 0.306 e. The van der Waals surface area contributed by atoms with E-state index in [2.05, 4.69) is 0 Å². The molecule has 0 aliphatic rings. The molecule has 0 radical (unpaired) electrons. The molecule has 0 fully saturated rings. The molecule has 1 atom stereocenters. The minimum absolute atomic E-state index is 0.269. The Labute approximate surface area is 99.1 Å². The van der Waals surface area contributed by atoms with Crippen molar-refractivity contribution in [1.29, 1.82) is 0 Å². The van der Waals surface area contributed by atoms with Crippen molar-refractivity contribution in [1.82, 2.24) is 4.57 Å². The summed E-state index contributed by atoms with van der Waals surface area (Å²) in [6.07, 6.45) is -1.23. The molecule has 1 heterocycles. The maximum Gasteiger partial charge on any atom is 0.306 e. The van der Waals surface area contributed by atoms with E-state index in [9.17, 15) is 9.90 Å². The second-order valence-electron chi connectivity index (χ2n) is 4.19. The van der Waals surface area contributed by atoms with Gasteiger partial charge in [-0.3, -0.25) is 4.79 Å². The van der Waals surface area contributed by atoms with Gasteiger partial charge in [-0.2, -0.15) is 0 Å². The van der Waals surface area contributed by atoms with E-state index in [1.807, 2.05) is 42.8 Å². The zero-order valence-electron chi connectivity index (χ0n) is 9.84. The number of carboxylic acid groups (broad SMARTS) is 1. The van der Waals surface area contributed by atoms with Crippen LogP contribution in [0.5, 0.6) is 0 Å². The Morgan fingerprint density at radius 3 is 2.71 bits per heavy atom. The van der Waals surface area contributed by atoms with Gasteiger partial charge in [0.1, 0.15) is 0 Å². The number of aliphatic hydroxyl groups is 1. The number of aromatic nitrogens is 1. The highest BCUT2D eigenvalue weighted by Gasteiger charge is 2.20. The molecule has 4 nitrogen and oxygen atoms in total. The van der Waals surface area contributed by atoms with E-state index in [4.69, 9.17) is 5.11 Å². The summed E-state index contributed by atoms with van der Waals surface area (Å²) in [5, 5.41) is 19.7. The normalized spacial score (nSPS) is 12.9. The average Bonchev–Trinajstić information content (AvgIpc) is 2.51. The standard InChI is InChI=1S/C13H15NO3/c1-8-13(11(15)7-12(16)17)9-5-3-4-6-10(9)14(8)2/h3-6,11,15H,7H2,1-2H3,(H,16,17). The number of aryl methyl sites for hydroxylation is 1. The highest BCUT2D eigenvalue weighted by molar-refractivity contribution is 5.86. The van der Waals surface area contributed by atoms with Crippen LogP contribution < -0.4 is 0 Å². The van der Waals surface area contributed by atoms with Crippen LogP contribution in [0.25, 0.3) is 10.9 Å². The number of nitrogens with zero attached hydrogens (tertiary/aromatic N) is 1. The molecular formula is C13H15NO3. The molecule has 2 rings (SSSR count). The van der Waals surface area contributed by atoms with Gasteiger partial charge in [0.2, 0.25) is 0 Å².